The van der Waals surface area contributed by atoms with Crippen LogP contribution in [0.5, 0.6) is 0 Å². The molecule has 0 amide bonds. The first-order valence-corrected chi connectivity index (χ1v) is 8.98. The number of aromatic nitrogens is 2. The highest BCUT2D eigenvalue weighted by atomic mass is 32.1. The molecule has 0 aliphatic carbocycles. The summed E-state index contributed by atoms with van der Waals surface area (Å²) in [5.41, 5.74) is 0.765. The zero-order valence-electron chi connectivity index (χ0n) is 13.8. The maximum Gasteiger partial charge on any atom is 0.141 e. The molecule has 5 rings (SSSR count). The van der Waals surface area contributed by atoms with Crippen LogP contribution in [-0.4, -0.2) is 10.2 Å². The summed E-state index contributed by atoms with van der Waals surface area (Å²) in [6.45, 7) is 1.65. The van der Waals surface area contributed by atoms with E-state index in [1.54, 1.807) is 31.2 Å². The Morgan fingerprint density at radius 2 is 1.46 bits per heavy atom. The third-order valence-electron chi connectivity index (χ3n) is 4.65. The summed E-state index contributed by atoms with van der Waals surface area (Å²) >= 11 is 1.50. The Bertz CT molecular complexity index is 1290. The minimum Gasteiger partial charge on any atom is -0.206 e. The van der Waals surface area contributed by atoms with Gasteiger partial charge >= 0.3 is 0 Å². The number of rotatable bonds is 1. The average molecular weight is 362 g/mol. The Balaban J connectivity index is 1.96. The summed E-state index contributed by atoms with van der Waals surface area (Å²) in [6.07, 6.45) is 0. The Morgan fingerprint density at radius 3 is 2.19 bits per heavy atom. The van der Waals surface area contributed by atoms with Crippen LogP contribution in [0.4, 0.5) is 8.78 Å². The molecule has 126 valence electrons. The van der Waals surface area contributed by atoms with Crippen molar-refractivity contribution in [3.05, 3.63) is 71.9 Å². The van der Waals surface area contributed by atoms with Gasteiger partial charge in [0.1, 0.15) is 17.3 Å². The molecule has 5 aromatic rings. The fraction of sp³-hybridized carbons (Fsp3) is 0.0476. The minimum absolute atomic E-state index is 0.195. The molecule has 2 heterocycles. The Kier molecular flexibility index (Phi) is 3.27. The number of thiophene rings is 1. The highest BCUT2D eigenvalue weighted by Gasteiger charge is 2.21. The van der Waals surface area contributed by atoms with Gasteiger partial charge in [0.25, 0.3) is 0 Å². The van der Waals surface area contributed by atoms with Gasteiger partial charge in [0.05, 0.1) is 16.0 Å². The summed E-state index contributed by atoms with van der Waals surface area (Å²) < 4.78 is 31.6. The summed E-state index contributed by atoms with van der Waals surface area (Å²) in [5.74, 6) is -0.908. The van der Waals surface area contributed by atoms with Crippen molar-refractivity contribution in [2.24, 2.45) is 0 Å². The van der Waals surface area contributed by atoms with Gasteiger partial charge in [-0.3, -0.25) is 0 Å². The molecule has 0 unspecified atom stereocenters. The number of halogens is 2. The highest BCUT2D eigenvalue weighted by Crippen LogP contribution is 2.40. The van der Waals surface area contributed by atoms with Crippen LogP contribution in [0.2, 0.25) is 0 Å². The molecule has 2 nitrogen and oxygen atoms in total. The zero-order chi connectivity index (χ0) is 17.8. The number of hydrogen-bond acceptors (Lipinski definition) is 3. The van der Waals surface area contributed by atoms with Gasteiger partial charge in [-0.25, -0.2) is 8.78 Å². The minimum atomic E-state index is -0.456. The van der Waals surface area contributed by atoms with Crippen molar-refractivity contribution in [3.63, 3.8) is 0 Å². The van der Waals surface area contributed by atoms with E-state index in [9.17, 15) is 0 Å². The van der Waals surface area contributed by atoms with Crippen molar-refractivity contribution in [2.75, 3.05) is 0 Å². The van der Waals surface area contributed by atoms with E-state index in [0.29, 0.717) is 11.4 Å². The molecule has 0 N–H and O–H groups in total. The van der Waals surface area contributed by atoms with Crippen LogP contribution in [0, 0.1) is 18.6 Å². The van der Waals surface area contributed by atoms with Gasteiger partial charge in [0, 0.05) is 20.9 Å². The lowest BCUT2D eigenvalue weighted by atomic mass is 9.99. The molecule has 0 radical (unpaired) electrons. The number of hydrogen-bond donors (Lipinski definition) is 0. The molecule has 0 spiro atoms. The molecule has 0 saturated carbocycles. The monoisotopic (exact) mass is 362 g/mol. The Labute approximate surface area is 151 Å². The van der Waals surface area contributed by atoms with E-state index in [-0.39, 0.29) is 21.5 Å². The molecule has 0 saturated heterocycles. The highest BCUT2D eigenvalue weighted by molar-refractivity contribution is 7.22. The van der Waals surface area contributed by atoms with E-state index in [2.05, 4.69) is 10.2 Å². The van der Waals surface area contributed by atoms with E-state index in [4.69, 9.17) is 0 Å². The van der Waals surface area contributed by atoms with Crippen LogP contribution < -0.4 is 0 Å². The van der Waals surface area contributed by atoms with Crippen LogP contribution >= 0.6 is 11.3 Å². The standard InChI is InChI=1S/C21H12F2N2S/c1-11-17-18(20(23)14-8-4-3-7-13(14)19(17)22)21(25-24-11)16-10-12-6-2-5-9-15(12)26-16/h2-10H,1H3. The molecule has 0 fully saturated rings. The van der Waals surface area contributed by atoms with Crippen LogP contribution in [-0.2, 0) is 0 Å². The molecule has 2 aromatic heterocycles. The summed E-state index contributed by atoms with van der Waals surface area (Å²) in [4.78, 5) is 0.775. The van der Waals surface area contributed by atoms with Gasteiger partial charge in [0.2, 0.25) is 0 Å². The Morgan fingerprint density at radius 1 is 0.808 bits per heavy atom. The summed E-state index contributed by atoms with van der Waals surface area (Å²) in [6, 6.07) is 16.4. The van der Waals surface area contributed by atoms with Crippen molar-refractivity contribution in [2.45, 2.75) is 6.92 Å². The maximum absolute atomic E-state index is 15.4. The predicted octanol–water partition coefficient (Wildman–Crippen LogP) is 6.25. The lowest BCUT2D eigenvalue weighted by Gasteiger charge is -2.11. The summed E-state index contributed by atoms with van der Waals surface area (Å²) in [5, 5.41) is 10.3. The molecular formula is C21H12F2N2S. The van der Waals surface area contributed by atoms with Gasteiger partial charge in [-0.05, 0) is 24.4 Å². The normalized spacial score (nSPS) is 11.7. The van der Waals surface area contributed by atoms with Gasteiger partial charge in [-0.15, -0.1) is 16.4 Å². The fourth-order valence-corrected chi connectivity index (χ4v) is 4.47. The maximum atomic E-state index is 15.4. The van der Waals surface area contributed by atoms with Gasteiger partial charge in [0.15, 0.2) is 0 Å². The van der Waals surface area contributed by atoms with E-state index >= 15 is 8.78 Å². The molecule has 5 heteroatoms. The second kappa shape index (κ2) is 5.54. The third kappa shape index (κ3) is 2.07. The molecule has 0 aliphatic rings. The van der Waals surface area contributed by atoms with Crippen molar-refractivity contribution >= 4 is 43.0 Å². The predicted molar refractivity (Wildman–Crippen MR) is 103 cm³/mol. The third-order valence-corrected chi connectivity index (χ3v) is 5.77. The number of nitrogens with zero attached hydrogens (tertiary/aromatic N) is 2. The molecule has 0 aliphatic heterocycles. The average Bonchev–Trinajstić information content (AvgIpc) is 3.10. The van der Waals surface area contributed by atoms with E-state index in [1.807, 2.05) is 30.3 Å². The van der Waals surface area contributed by atoms with Gasteiger partial charge in [-0.1, -0.05) is 42.5 Å². The lowest BCUT2D eigenvalue weighted by molar-refractivity contribution is 0.633. The van der Waals surface area contributed by atoms with Crippen LogP contribution in [0.15, 0.2) is 54.6 Å². The van der Waals surface area contributed by atoms with Crippen molar-refractivity contribution in [1.29, 1.82) is 0 Å². The first-order valence-electron chi connectivity index (χ1n) is 8.17. The first kappa shape index (κ1) is 15.3. The van der Waals surface area contributed by atoms with Crippen LogP contribution in [0.3, 0.4) is 0 Å². The van der Waals surface area contributed by atoms with E-state index in [1.165, 1.54) is 11.3 Å². The summed E-state index contributed by atoms with van der Waals surface area (Å²) in [7, 11) is 0. The molecule has 3 aromatic carbocycles. The Hall–Kier alpha value is -2.92. The lowest BCUT2D eigenvalue weighted by Crippen LogP contribution is -1.99. The molecular weight excluding hydrogens is 350 g/mol. The zero-order valence-corrected chi connectivity index (χ0v) is 14.6. The second-order valence-electron chi connectivity index (χ2n) is 6.21. The van der Waals surface area contributed by atoms with Crippen LogP contribution in [0.1, 0.15) is 5.69 Å². The van der Waals surface area contributed by atoms with Crippen molar-refractivity contribution < 1.29 is 8.78 Å². The number of benzene rings is 3. The largest absolute Gasteiger partial charge is 0.206 e. The van der Waals surface area contributed by atoms with Crippen molar-refractivity contribution in [1.82, 2.24) is 10.2 Å². The topological polar surface area (TPSA) is 25.8 Å². The fourth-order valence-electron chi connectivity index (χ4n) is 3.41. The van der Waals surface area contributed by atoms with E-state index < -0.39 is 11.6 Å². The number of fused-ring (bicyclic) bond motifs is 3. The molecule has 0 bridgehead atoms. The number of aryl methyl sites for hydroxylation is 1. The van der Waals surface area contributed by atoms with E-state index in [0.717, 1.165) is 15.0 Å². The quantitative estimate of drug-likeness (QED) is 0.329. The van der Waals surface area contributed by atoms with Gasteiger partial charge < -0.3 is 0 Å². The van der Waals surface area contributed by atoms with Crippen molar-refractivity contribution in [3.8, 4) is 10.6 Å². The first-order chi connectivity index (χ1) is 12.6. The smallest absolute Gasteiger partial charge is 0.141 e. The second-order valence-corrected chi connectivity index (χ2v) is 7.29. The van der Waals surface area contributed by atoms with Gasteiger partial charge in [-0.2, -0.15) is 5.10 Å². The van der Waals surface area contributed by atoms with Crippen LogP contribution in [0.25, 0.3) is 42.2 Å². The molecule has 26 heavy (non-hydrogen) atoms. The molecule has 0 atom stereocenters. The SMILES string of the molecule is Cc1nnc(-c2cc3ccccc3s2)c2c(F)c3ccccc3c(F)c12.